The van der Waals surface area contributed by atoms with E-state index in [1.165, 1.54) is 18.5 Å². The van der Waals surface area contributed by atoms with E-state index in [1.807, 2.05) is 0 Å². The Bertz CT molecular complexity index is 555. The molecule has 19 heavy (non-hydrogen) atoms. The fourth-order valence-electron chi connectivity index (χ4n) is 2.58. The van der Waals surface area contributed by atoms with Crippen LogP contribution in [0.4, 0.5) is 5.69 Å². The predicted molar refractivity (Wildman–Crippen MR) is 75.0 cm³/mol. The maximum absolute atomic E-state index is 12.4. The van der Waals surface area contributed by atoms with Gasteiger partial charge in [-0.15, -0.1) is 0 Å². The third kappa shape index (κ3) is 3.06. The van der Waals surface area contributed by atoms with Crippen LogP contribution in [0.3, 0.4) is 0 Å². The van der Waals surface area contributed by atoms with E-state index in [-0.39, 0.29) is 22.0 Å². The molecule has 0 bridgehead atoms. The number of nitrogens with one attached hydrogen (secondary N) is 1. The lowest BCUT2D eigenvalue weighted by atomic mass is 9.74. The highest BCUT2D eigenvalue weighted by Crippen LogP contribution is 2.36. The Morgan fingerprint density at radius 2 is 2.16 bits per heavy atom. The van der Waals surface area contributed by atoms with Gasteiger partial charge in [0.05, 0.1) is 5.69 Å². The molecule has 106 valence electrons. The number of aromatic nitrogens is 1. The molecular weight excluding hydrogens is 262 g/mol. The molecule has 1 fully saturated rings. The van der Waals surface area contributed by atoms with Crippen LogP contribution in [0, 0.1) is 5.41 Å². The van der Waals surface area contributed by atoms with Crippen LogP contribution in [0.5, 0.6) is 0 Å². The molecule has 0 amide bonds. The topological polar surface area (TPSA) is 85.1 Å². The third-order valence-corrected chi connectivity index (χ3v) is 5.43. The molecule has 1 atom stereocenters. The summed E-state index contributed by atoms with van der Waals surface area (Å²) in [7, 11) is -3.60. The molecule has 0 aromatic carbocycles. The summed E-state index contributed by atoms with van der Waals surface area (Å²) in [6, 6.07) is 1.45. The van der Waals surface area contributed by atoms with Crippen LogP contribution >= 0.6 is 0 Å². The number of nitrogen functional groups attached to an aromatic ring is 1. The van der Waals surface area contributed by atoms with Gasteiger partial charge in [0.1, 0.15) is 4.90 Å². The van der Waals surface area contributed by atoms with Gasteiger partial charge in [0, 0.05) is 18.4 Å². The van der Waals surface area contributed by atoms with Crippen molar-refractivity contribution in [3.63, 3.8) is 0 Å². The lowest BCUT2D eigenvalue weighted by Gasteiger charge is -2.38. The minimum atomic E-state index is -3.60. The summed E-state index contributed by atoms with van der Waals surface area (Å²) in [5.74, 6) is 0. The van der Waals surface area contributed by atoms with Crippen molar-refractivity contribution in [3.8, 4) is 0 Å². The summed E-state index contributed by atoms with van der Waals surface area (Å²) in [6.07, 6.45) is 6.89. The van der Waals surface area contributed by atoms with E-state index in [0.717, 1.165) is 25.7 Å². The average Bonchev–Trinajstić information content (AvgIpc) is 2.32. The first-order valence-electron chi connectivity index (χ1n) is 6.55. The Kier molecular flexibility index (Phi) is 3.82. The van der Waals surface area contributed by atoms with Crippen molar-refractivity contribution in [2.45, 2.75) is 50.5 Å². The number of pyridine rings is 1. The van der Waals surface area contributed by atoms with Crippen LogP contribution in [0.25, 0.3) is 0 Å². The smallest absolute Gasteiger partial charge is 0.244 e. The summed E-state index contributed by atoms with van der Waals surface area (Å²) < 4.78 is 27.6. The van der Waals surface area contributed by atoms with Gasteiger partial charge in [-0.1, -0.05) is 26.7 Å². The van der Waals surface area contributed by atoms with E-state index in [4.69, 9.17) is 5.73 Å². The van der Waals surface area contributed by atoms with Crippen molar-refractivity contribution in [1.29, 1.82) is 0 Å². The highest BCUT2D eigenvalue weighted by Gasteiger charge is 2.35. The first-order chi connectivity index (χ1) is 8.83. The second kappa shape index (κ2) is 5.09. The third-order valence-electron chi connectivity index (χ3n) is 3.91. The van der Waals surface area contributed by atoms with Crippen molar-refractivity contribution < 1.29 is 8.42 Å². The lowest BCUT2D eigenvalue weighted by molar-refractivity contribution is 0.188. The van der Waals surface area contributed by atoms with Crippen LogP contribution in [0.1, 0.15) is 39.5 Å². The monoisotopic (exact) mass is 283 g/mol. The molecule has 1 heterocycles. The number of nitrogens with zero attached hydrogens (tertiary/aromatic N) is 1. The van der Waals surface area contributed by atoms with Gasteiger partial charge in [-0.25, -0.2) is 13.1 Å². The maximum atomic E-state index is 12.4. The zero-order chi connectivity index (χ0) is 14.1. The van der Waals surface area contributed by atoms with Crippen LogP contribution in [0.15, 0.2) is 23.4 Å². The Morgan fingerprint density at radius 3 is 2.79 bits per heavy atom. The lowest BCUT2D eigenvalue weighted by Crippen LogP contribution is -2.46. The minimum absolute atomic E-state index is 0.0255. The second-order valence-corrected chi connectivity index (χ2v) is 7.50. The van der Waals surface area contributed by atoms with Gasteiger partial charge < -0.3 is 5.73 Å². The highest BCUT2D eigenvalue weighted by molar-refractivity contribution is 7.89. The first kappa shape index (κ1) is 14.3. The Hall–Kier alpha value is -1.14. The van der Waals surface area contributed by atoms with Gasteiger partial charge in [-0.05, 0) is 24.3 Å². The number of sulfonamides is 1. The van der Waals surface area contributed by atoms with Gasteiger partial charge in [0.25, 0.3) is 0 Å². The summed E-state index contributed by atoms with van der Waals surface area (Å²) in [4.78, 5) is 3.91. The molecule has 0 radical (unpaired) electrons. The van der Waals surface area contributed by atoms with E-state index in [1.54, 1.807) is 0 Å². The first-order valence-corrected chi connectivity index (χ1v) is 8.03. The van der Waals surface area contributed by atoms with E-state index in [9.17, 15) is 8.42 Å². The molecule has 0 aliphatic heterocycles. The molecule has 2 rings (SSSR count). The normalized spacial score (nSPS) is 23.2. The van der Waals surface area contributed by atoms with Gasteiger partial charge in [0.2, 0.25) is 10.0 Å². The Labute approximate surface area is 114 Å². The van der Waals surface area contributed by atoms with Crippen LogP contribution in [0.2, 0.25) is 0 Å². The van der Waals surface area contributed by atoms with Crippen molar-refractivity contribution >= 4 is 15.7 Å². The fourth-order valence-corrected chi connectivity index (χ4v) is 4.09. The quantitative estimate of drug-likeness (QED) is 0.887. The Morgan fingerprint density at radius 1 is 1.42 bits per heavy atom. The summed E-state index contributed by atoms with van der Waals surface area (Å²) in [5.41, 5.74) is 5.93. The standard InChI is InChI=1S/C13H21N3O2S/c1-13(2)7-4-3-5-12(13)16-19(17,18)11-9-15-8-6-10(11)14/h6,8-9,12,16H,3-5,7H2,1-2H3,(H2,14,15). The molecular formula is C13H21N3O2S. The molecule has 1 aliphatic rings. The van der Waals surface area contributed by atoms with Crippen molar-refractivity contribution in [2.24, 2.45) is 5.41 Å². The molecule has 3 N–H and O–H groups in total. The largest absolute Gasteiger partial charge is 0.398 e. The zero-order valence-electron chi connectivity index (χ0n) is 11.4. The predicted octanol–water partition coefficient (Wildman–Crippen LogP) is 1.91. The summed E-state index contributed by atoms with van der Waals surface area (Å²) in [6.45, 7) is 4.21. The molecule has 1 aromatic rings. The molecule has 5 nitrogen and oxygen atoms in total. The van der Waals surface area contributed by atoms with Gasteiger partial charge in [-0.2, -0.15) is 0 Å². The molecule has 0 spiro atoms. The molecule has 6 heteroatoms. The second-order valence-electron chi connectivity index (χ2n) is 5.82. The molecule has 1 aromatic heterocycles. The molecule has 0 saturated heterocycles. The van der Waals surface area contributed by atoms with E-state index in [0.29, 0.717) is 0 Å². The van der Waals surface area contributed by atoms with Crippen LogP contribution in [-0.4, -0.2) is 19.4 Å². The molecule has 1 aliphatic carbocycles. The van der Waals surface area contributed by atoms with Crippen molar-refractivity contribution in [2.75, 3.05) is 5.73 Å². The number of nitrogens with two attached hydrogens (primary N) is 1. The summed E-state index contributed by atoms with van der Waals surface area (Å²) in [5, 5.41) is 0. The number of anilines is 1. The maximum Gasteiger partial charge on any atom is 0.244 e. The summed E-state index contributed by atoms with van der Waals surface area (Å²) >= 11 is 0. The van der Waals surface area contributed by atoms with Crippen LogP contribution < -0.4 is 10.5 Å². The number of hydrogen-bond donors (Lipinski definition) is 2. The molecule has 1 saturated carbocycles. The van der Waals surface area contributed by atoms with E-state index >= 15 is 0 Å². The zero-order valence-corrected chi connectivity index (χ0v) is 12.2. The van der Waals surface area contributed by atoms with Crippen molar-refractivity contribution in [1.82, 2.24) is 9.71 Å². The molecule has 1 unspecified atom stereocenters. The van der Waals surface area contributed by atoms with E-state index < -0.39 is 10.0 Å². The van der Waals surface area contributed by atoms with Gasteiger partial charge >= 0.3 is 0 Å². The Balaban J connectivity index is 2.25. The number of hydrogen-bond acceptors (Lipinski definition) is 4. The SMILES string of the molecule is CC1(C)CCCCC1NS(=O)(=O)c1cnccc1N. The van der Waals surface area contributed by atoms with E-state index in [2.05, 4.69) is 23.6 Å². The van der Waals surface area contributed by atoms with Crippen molar-refractivity contribution in [3.05, 3.63) is 18.5 Å². The highest BCUT2D eigenvalue weighted by atomic mass is 32.2. The minimum Gasteiger partial charge on any atom is -0.398 e. The van der Waals surface area contributed by atoms with Gasteiger partial charge in [0.15, 0.2) is 0 Å². The fraction of sp³-hybridized carbons (Fsp3) is 0.615. The average molecular weight is 283 g/mol. The van der Waals surface area contributed by atoms with Crippen LogP contribution in [-0.2, 0) is 10.0 Å². The number of rotatable bonds is 3. The van der Waals surface area contributed by atoms with Gasteiger partial charge in [-0.3, -0.25) is 4.98 Å².